The monoisotopic (exact) mass is 632 g/mol. The number of phenols is 4. The van der Waals surface area contributed by atoms with Crippen molar-refractivity contribution in [3.63, 3.8) is 0 Å². The Morgan fingerprint density at radius 1 is 0.630 bits per heavy atom. The molecule has 4 N–H and O–H groups in total. The number of methoxy groups -OCH3 is 2. The van der Waals surface area contributed by atoms with E-state index in [0.717, 1.165) is 12.1 Å². The molecule has 12 heteroatoms. The van der Waals surface area contributed by atoms with E-state index in [1.807, 2.05) is 0 Å². The summed E-state index contributed by atoms with van der Waals surface area (Å²) in [5, 5.41) is 45.1. The van der Waals surface area contributed by atoms with Crippen LogP contribution in [0.5, 0.6) is 34.5 Å². The van der Waals surface area contributed by atoms with Crippen molar-refractivity contribution in [2.75, 3.05) is 27.4 Å². The predicted octanol–water partition coefficient (Wildman–Crippen LogP) is 4.69. The molecule has 4 aromatic carbocycles. The van der Waals surface area contributed by atoms with Gasteiger partial charge in [-0.15, -0.1) is 0 Å². The number of esters is 2. The fraction of sp³-hybridized carbons (Fsp3) is 0.235. The fourth-order valence-corrected chi connectivity index (χ4v) is 4.97. The first kappa shape index (κ1) is 31.9. The highest BCUT2D eigenvalue weighted by molar-refractivity contribution is 6.08. The third-order valence-corrected chi connectivity index (χ3v) is 7.39. The van der Waals surface area contributed by atoms with Crippen LogP contribution < -0.4 is 9.47 Å². The van der Waals surface area contributed by atoms with E-state index in [1.54, 1.807) is 60.7 Å². The van der Waals surface area contributed by atoms with Crippen LogP contribution in [-0.2, 0) is 32.2 Å². The maximum absolute atomic E-state index is 13.6. The second-order valence-corrected chi connectivity index (χ2v) is 10.3. The number of carbonyl (C=O) groups is 2. The summed E-state index contributed by atoms with van der Waals surface area (Å²) < 4.78 is 33.3. The van der Waals surface area contributed by atoms with Crippen LogP contribution in [0.2, 0.25) is 0 Å². The van der Waals surface area contributed by atoms with Crippen LogP contribution in [0.4, 0.5) is 0 Å². The van der Waals surface area contributed by atoms with Gasteiger partial charge in [0.2, 0.25) is 11.5 Å². The Hall–Kier alpha value is -5.46. The molecular weight excluding hydrogens is 600 g/mol. The first-order valence-corrected chi connectivity index (χ1v) is 14.1. The van der Waals surface area contributed by atoms with Crippen molar-refractivity contribution in [2.24, 2.45) is 0 Å². The smallest absolute Gasteiger partial charge is 0.339 e. The zero-order valence-corrected chi connectivity index (χ0v) is 25.0. The van der Waals surface area contributed by atoms with Crippen molar-refractivity contribution in [3.05, 3.63) is 95.1 Å². The molecule has 0 bridgehead atoms. The number of cyclic esters (lactones) is 2. The lowest BCUT2D eigenvalue weighted by atomic mass is 9.91. The lowest BCUT2D eigenvalue weighted by molar-refractivity contribution is -0.0862. The van der Waals surface area contributed by atoms with Crippen molar-refractivity contribution in [1.82, 2.24) is 0 Å². The molecule has 46 heavy (non-hydrogen) atoms. The number of phenolic OH excluding ortho intramolecular Hbond substituents is 4. The van der Waals surface area contributed by atoms with E-state index in [9.17, 15) is 30.0 Å². The Morgan fingerprint density at radius 2 is 1.00 bits per heavy atom. The molecule has 1 aliphatic rings. The number of ether oxygens (including phenoxy) is 6. The van der Waals surface area contributed by atoms with Crippen molar-refractivity contribution in [2.45, 2.75) is 25.4 Å². The maximum Gasteiger partial charge on any atom is 0.339 e. The van der Waals surface area contributed by atoms with Gasteiger partial charge in [0.15, 0.2) is 23.0 Å². The lowest BCUT2D eigenvalue weighted by Crippen LogP contribution is -2.39. The standard InChI is InChI=1S/C34H32O12/c1-41-25-17-45-33(39)21-13-23(35)31(43-15-19-9-5-3-6-10-19)29(37)27(21)28-22(34(40)46-18-26(25)42-2)14-24(36)32(30(28)38)44-16-20-11-7-4-8-12-20/h3-14,25-26,35-38H,15-18H2,1-2H3/t25-,26-/m0/s1. The summed E-state index contributed by atoms with van der Waals surface area (Å²) in [5.74, 6) is -5.86. The number of fused-ring (bicyclic) bond motifs is 3. The van der Waals surface area contributed by atoms with Gasteiger partial charge in [0.05, 0.1) is 11.1 Å². The van der Waals surface area contributed by atoms with Crippen LogP contribution in [0.3, 0.4) is 0 Å². The van der Waals surface area contributed by atoms with Crippen molar-refractivity contribution in [1.29, 1.82) is 0 Å². The Bertz CT molecular complexity index is 1580. The van der Waals surface area contributed by atoms with Gasteiger partial charge in [-0.3, -0.25) is 0 Å². The molecule has 12 nitrogen and oxygen atoms in total. The molecule has 0 aromatic heterocycles. The van der Waals surface area contributed by atoms with E-state index in [1.165, 1.54) is 14.2 Å². The molecule has 4 aromatic rings. The largest absolute Gasteiger partial charge is 0.504 e. The Labute approximate surface area is 263 Å². The summed E-state index contributed by atoms with van der Waals surface area (Å²) in [7, 11) is 2.70. The zero-order valence-electron chi connectivity index (χ0n) is 25.0. The van der Waals surface area contributed by atoms with Gasteiger partial charge in [-0.05, 0) is 23.3 Å². The summed E-state index contributed by atoms with van der Waals surface area (Å²) >= 11 is 0. The Balaban J connectivity index is 1.71. The highest BCUT2D eigenvalue weighted by Crippen LogP contribution is 2.53. The minimum Gasteiger partial charge on any atom is -0.504 e. The number of rotatable bonds is 8. The SMILES string of the molecule is CO[C@H]1COC(=O)c2cc(O)c(OCc3ccccc3)c(O)c2-c2c(cc(O)c(OCc3ccccc3)c2O)C(=O)OC[C@@H]1OC. The molecule has 0 spiro atoms. The normalized spacial score (nSPS) is 16.6. The number of carbonyl (C=O) groups excluding carboxylic acids is 2. The number of aromatic hydroxyl groups is 4. The third-order valence-electron chi connectivity index (χ3n) is 7.39. The van der Waals surface area contributed by atoms with E-state index in [2.05, 4.69) is 0 Å². The molecule has 0 saturated carbocycles. The van der Waals surface area contributed by atoms with Gasteiger partial charge in [-0.1, -0.05) is 60.7 Å². The van der Waals surface area contributed by atoms with Crippen LogP contribution in [0, 0.1) is 0 Å². The first-order valence-electron chi connectivity index (χ1n) is 14.1. The fourth-order valence-electron chi connectivity index (χ4n) is 4.97. The van der Waals surface area contributed by atoms with E-state index in [4.69, 9.17) is 28.4 Å². The summed E-state index contributed by atoms with van der Waals surface area (Å²) in [4.78, 5) is 27.2. The van der Waals surface area contributed by atoms with E-state index < -0.39 is 80.9 Å². The van der Waals surface area contributed by atoms with Gasteiger partial charge in [0.1, 0.15) is 38.6 Å². The molecule has 0 aliphatic carbocycles. The molecule has 0 amide bonds. The average Bonchev–Trinajstić information content (AvgIpc) is 3.06. The molecule has 0 radical (unpaired) electrons. The number of hydrogen-bond acceptors (Lipinski definition) is 12. The van der Waals surface area contributed by atoms with Crippen LogP contribution in [-0.4, -0.2) is 72.0 Å². The van der Waals surface area contributed by atoms with Crippen LogP contribution in [0.1, 0.15) is 31.8 Å². The van der Waals surface area contributed by atoms with Crippen LogP contribution in [0.15, 0.2) is 72.8 Å². The van der Waals surface area contributed by atoms with Crippen molar-refractivity contribution < 1.29 is 58.4 Å². The van der Waals surface area contributed by atoms with Crippen molar-refractivity contribution in [3.8, 4) is 45.6 Å². The summed E-state index contributed by atoms with van der Waals surface area (Å²) in [6.07, 6.45) is -1.76. The quantitative estimate of drug-likeness (QED) is 0.198. The summed E-state index contributed by atoms with van der Waals surface area (Å²) in [6, 6.07) is 19.7. The van der Waals surface area contributed by atoms with Gasteiger partial charge < -0.3 is 48.8 Å². The second-order valence-electron chi connectivity index (χ2n) is 10.3. The van der Waals surface area contributed by atoms with Gasteiger partial charge >= 0.3 is 11.9 Å². The van der Waals surface area contributed by atoms with E-state index in [-0.39, 0.29) is 26.4 Å². The number of benzene rings is 4. The highest BCUT2D eigenvalue weighted by Gasteiger charge is 2.35. The second kappa shape index (κ2) is 14.1. The topological polar surface area (TPSA) is 170 Å². The number of hydrogen-bond donors (Lipinski definition) is 4. The Morgan fingerprint density at radius 3 is 1.35 bits per heavy atom. The average molecular weight is 633 g/mol. The van der Waals surface area contributed by atoms with Crippen molar-refractivity contribution >= 4 is 11.9 Å². The van der Waals surface area contributed by atoms with Crippen LogP contribution >= 0.6 is 0 Å². The molecule has 0 saturated heterocycles. The van der Waals surface area contributed by atoms with Crippen LogP contribution in [0.25, 0.3) is 11.1 Å². The summed E-state index contributed by atoms with van der Waals surface area (Å²) in [6.45, 7) is -0.918. The Kier molecular flexibility index (Phi) is 9.79. The van der Waals surface area contributed by atoms with E-state index in [0.29, 0.717) is 11.1 Å². The minimum absolute atomic E-state index is 0.0962. The molecular formula is C34H32O12. The first-order chi connectivity index (χ1) is 22.2. The molecule has 1 aliphatic heterocycles. The van der Waals surface area contributed by atoms with Gasteiger partial charge in [0.25, 0.3) is 0 Å². The summed E-state index contributed by atoms with van der Waals surface area (Å²) in [5.41, 5.74) is -0.401. The molecule has 2 atom stereocenters. The molecule has 240 valence electrons. The van der Waals surface area contributed by atoms with Gasteiger partial charge in [-0.25, -0.2) is 9.59 Å². The molecule has 5 rings (SSSR count). The molecule has 0 fully saturated rings. The maximum atomic E-state index is 13.6. The zero-order chi connectivity index (χ0) is 32.8. The highest BCUT2D eigenvalue weighted by atomic mass is 16.6. The predicted molar refractivity (Wildman–Crippen MR) is 162 cm³/mol. The molecule has 0 unspecified atom stereocenters. The van der Waals surface area contributed by atoms with Gasteiger partial charge in [-0.2, -0.15) is 0 Å². The lowest BCUT2D eigenvalue weighted by Gasteiger charge is -2.26. The third kappa shape index (κ3) is 6.63. The minimum atomic E-state index is -1.05. The van der Waals surface area contributed by atoms with E-state index >= 15 is 0 Å². The molecule has 1 heterocycles. The van der Waals surface area contributed by atoms with Gasteiger partial charge in [0, 0.05) is 25.3 Å².